The van der Waals surface area contributed by atoms with Crippen LogP contribution in [0.3, 0.4) is 0 Å². The van der Waals surface area contributed by atoms with Crippen molar-refractivity contribution >= 4 is 23.2 Å². The zero-order chi connectivity index (χ0) is 12.8. The van der Waals surface area contributed by atoms with Crippen LogP contribution in [0.25, 0.3) is 0 Å². The molecule has 0 heterocycles. The monoisotopic (exact) mass is 254 g/mol. The standard InChI is InChI=1S/C13H19ClN2O/c1-10-6-4-7-11(14)13(10)15-9-5-8-12(17)16(2)3/h4,6-7,15H,5,8-9H2,1-3H3. The van der Waals surface area contributed by atoms with Gasteiger partial charge in [0.2, 0.25) is 5.91 Å². The minimum absolute atomic E-state index is 0.155. The molecule has 1 N–H and O–H groups in total. The van der Waals surface area contributed by atoms with Gasteiger partial charge in [0.15, 0.2) is 0 Å². The van der Waals surface area contributed by atoms with Crippen molar-refractivity contribution in [1.82, 2.24) is 4.90 Å². The Morgan fingerprint density at radius 1 is 1.41 bits per heavy atom. The number of nitrogens with zero attached hydrogens (tertiary/aromatic N) is 1. The predicted octanol–water partition coefficient (Wildman–Crippen LogP) is 2.93. The van der Waals surface area contributed by atoms with Crippen LogP contribution in [0.15, 0.2) is 18.2 Å². The lowest BCUT2D eigenvalue weighted by molar-refractivity contribution is -0.128. The van der Waals surface area contributed by atoms with Crippen LogP contribution in [0.2, 0.25) is 5.02 Å². The number of nitrogens with one attached hydrogen (secondary N) is 1. The van der Waals surface area contributed by atoms with E-state index in [1.807, 2.05) is 25.1 Å². The lowest BCUT2D eigenvalue weighted by atomic mass is 10.2. The second-order valence-corrected chi connectivity index (χ2v) is 4.66. The second kappa shape index (κ2) is 6.50. The van der Waals surface area contributed by atoms with Crippen molar-refractivity contribution in [3.63, 3.8) is 0 Å². The molecule has 0 aliphatic rings. The molecule has 0 aliphatic heterocycles. The van der Waals surface area contributed by atoms with Crippen LogP contribution in [0, 0.1) is 6.92 Å². The zero-order valence-electron chi connectivity index (χ0n) is 10.6. The van der Waals surface area contributed by atoms with Crippen LogP contribution in [0.4, 0.5) is 5.69 Å². The van der Waals surface area contributed by atoms with Crippen LogP contribution in [-0.4, -0.2) is 31.4 Å². The van der Waals surface area contributed by atoms with E-state index in [1.54, 1.807) is 19.0 Å². The van der Waals surface area contributed by atoms with E-state index in [1.165, 1.54) is 0 Å². The van der Waals surface area contributed by atoms with Gasteiger partial charge in [-0.25, -0.2) is 0 Å². The molecule has 0 bridgehead atoms. The molecule has 1 aromatic rings. The molecule has 1 amide bonds. The number of rotatable bonds is 5. The van der Waals surface area contributed by atoms with Gasteiger partial charge in [-0.2, -0.15) is 0 Å². The van der Waals surface area contributed by atoms with Gasteiger partial charge in [0, 0.05) is 27.1 Å². The summed E-state index contributed by atoms with van der Waals surface area (Å²) >= 11 is 6.08. The first-order valence-corrected chi connectivity index (χ1v) is 6.09. The molecule has 4 heteroatoms. The number of aryl methyl sites for hydroxylation is 1. The first kappa shape index (κ1) is 13.8. The fourth-order valence-corrected chi connectivity index (χ4v) is 1.82. The third-order valence-corrected chi connectivity index (χ3v) is 2.90. The van der Waals surface area contributed by atoms with E-state index in [9.17, 15) is 4.79 Å². The lowest BCUT2D eigenvalue weighted by Crippen LogP contribution is -2.22. The Kier molecular flexibility index (Phi) is 5.29. The van der Waals surface area contributed by atoms with E-state index in [4.69, 9.17) is 11.6 Å². The topological polar surface area (TPSA) is 32.3 Å². The van der Waals surface area contributed by atoms with Crippen molar-refractivity contribution in [2.45, 2.75) is 19.8 Å². The summed E-state index contributed by atoms with van der Waals surface area (Å²) in [5.74, 6) is 0.155. The molecule has 94 valence electrons. The number of amides is 1. The van der Waals surface area contributed by atoms with Crippen molar-refractivity contribution in [2.75, 3.05) is 26.0 Å². The summed E-state index contributed by atoms with van der Waals surface area (Å²) in [6.45, 7) is 2.77. The van der Waals surface area contributed by atoms with Crippen LogP contribution in [0.5, 0.6) is 0 Å². The first-order valence-electron chi connectivity index (χ1n) is 5.71. The largest absolute Gasteiger partial charge is 0.384 e. The maximum atomic E-state index is 11.4. The average molecular weight is 255 g/mol. The zero-order valence-corrected chi connectivity index (χ0v) is 11.3. The Morgan fingerprint density at radius 2 is 2.12 bits per heavy atom. The molecule has 1 aromatic carbocycles. The number of halogens is 1. The van der Waals surface area contributed by atoms with Crippen LogP contribution >= 0.6 is 11.6 Å². The molecule has 0 saturated heterocycles. The average Bonchev–Trinajstić information content (AvgIpc) is 2.27. The summed E-state index contributed by atoms with van der Waals surface area (Å²) in [5, 5.41) is 4.00. The molecular formula is C13H19ClN2O. The van der Waals surface area contributed by atoms with Crippen LogP contribution < -0.4 is 5.32 Å². The van der Waals surface area contributed by atoms with E-state index in [0.717, 1.165) is 29.2 Å². The Labute approximate surface area is 108 Å². The number of hydrogen-bond acceptors (Lipinski definition) is 2. The number of carbonyl (C=O) groups is 1. The first-order chi connectivity index (χ1) is 8.02. The molecule has 3 nitrogen and oxygen atoms in total. The van der Waals surface area contributed by atoms with Gasteiger partial charge in [-0.1, -0.05) is 23.7 Å². The van der Waals surface area contributed by atoms with E-state index in [0.29, 0.717) is 6.42 Å². The number of hydrogen-bond donors (Lipinski definition) is 1. The Bertz CT molecular complexity index is 371. The van der Waals surface area contributed by atoms with Crippen molar-refractivity contribution in [1.29, 1.82) is 0 Å². The highest BCUT2D eigenvalue weighted by Gasteiger charge is 2.05. The maximum Gasteiger partial charge on any atom is 0.222 e. The van der Waals surface area contributed by atoms with Crippen molar-refractivity contribution in [3.05, 3.63) is 28.8 Å². The molecule has 0 saturated carbocycles. The highest BCUT2D eigenvalue weighted by Crippen LogP contribution is 2.24. The molecule has 1 rings (SSSR count). The molecule has 0 aliphatic carbocycles. The molecule has 0 fully saturated rings. The molecule has 0 atom stereocenters. The van der Waals surface area contributed by atoms with E-state index >= 15 is 0 Å². The van der Waals surface area contributed by atoms with Gasteiger partial charge in [-0.05, 0) is 25.0 Å². The van der Waals surface area contributed by atoms with Gasteiger partial charge in [0.05, 0.1) is 10.7 Å². The highest BCUT2D eigenvalue weighted by atomic mass is 35.5. The molecule has 0 radical (unpaired) electrons. The normalized spacial score (nSPS) is 10.1. The molecule has 17 heavy (non-hydrogen) atoms. The van der Waals surface area contributed by atoms with Crippen molar-refractivity contribution in [2.24, 2.45) is 0 Å². The van der Waals surface area contributed by atoms with Crippen molar-refractivity contribution < 1.29 is 4.79 Å². The predicted molar refractivity (Wildman–Crippen MR) is 72.6 cm³/mol. The lowest BCUT2D eigenvalue weighted by Gasteiger charge is -2.12. The van der Waals surface area contributed by atoms with Gasteiger partial charge in [-0.15, -0.1) is 0 Å². The fourth-order valence-electron chi connectivity index (χ4n) is 1.53. The van der Waals surface area contributed by atoms with Crippen LogP contribution in [-0.2, 0) is 4.79 Å². The number of benzene rings is 1. The second-order valence-electron chi connectivity index (χ2n) is 4.25. The minimum Gasteiger partial charge on any atom is -0.384 e. The smallest absolute Gasteiger partial charge is 0.222 e. The summed E-state index contributed by atoms with van der Waals surface area (Å²) in [6.07, 6.45) is 1.37. The summed E-state index contributed by atoms with van der Waals surface area (Å²) in [4.78, 5) is 13.0. The minimum atomic E-state index is 0.155. The molecule has 0 unspecified atom stereocenters. The van der Waals surface area contributed by atoms with Gasteiger partial charge in [0.1, 0.15) is 0 Å². The fraction of sp³-hybridized carbons (Fsp3) is 0.462. The Morgan fingerprint density at radius 3 is 2.71 bits per heavy atom. The highest BCUT2D eigenvalue weighted by molar-refractivity contribution is 6.33. The number of anilines is 1. The number of para-hydroxylation sites is 1. The molecule has 0 aromatic heterocycles. The SMILES string of the molecule is Cc1cccc(Cl)c1NCCCC(=O)N(C)C. The van der Waals surface area contributed by atoms with Crippen molar-refractivity contribution in [3.8, 4) is 0 Å². The third kappa shape index (κ3) is 4.27. The number of carbonyl (C=O) groups excluding carboxylic acids is 1. The van der Waals surface area contributed by atoms with Gasteiger partial charge >= 0.3 is 0 Å². The summed E-state index contributed by atoms with van der Waals surface area (Å²) in [5.41, 5.74) is 2.09. The van der Waals surface area contributed by atoms with Gasteiger partial charge < -0.3 is 10.2 Å². The van der Waals surface area contributed by atoms with Gasteiger partial charge in [0.25, 0.3) is 0 Å². The van der Waals surface area contributed by atoms with E-state index < -0.39 is 0 Å². The quantitative estimate of drug-likeness (QED) is 0.820. The summed E-state index contributed by atoms with van der Waals surface area (Å²) in [6, 6.07) is 5.81. The third-order valence-electron chi connectivity index (χ3n) is 2.59. The van der Waals surface area contributed by atoms with E-state index in [2.05, 4.69) is 5.32 Å². The Balaban J connectivity index is 2.39. The summed E-state index contributed by atoms with van der Waals surface area (Å²) < 4.78 is 0. The van der Waals surface area contributed by atoms with E-state index in [-0.39, 0.29) is 5.91 Å². The van der Waals surface area contributed by atoms with Gasteiger partial charge in [-0.3, -0.25) is 4.79 Å². The van der Waals surface area contributed by atoms with Crippen LogP contribution in [0.1, 0.15) is 18.4 Å². The molecule has 0 spiro atoms. The summed E-state index contributed by atoms with van der Waals surface area (Å²) in [7, 11) is 3.54. The maximum absolute atomic E-state index is 11.4. The Hall–Kier alpha value is -1.22. The molecular weight excluding hydrogens is 236 g/mol.